The summed E-state index contributed by atoms with van der Waals surface area (Å²) >= 11 is 1.62. The van der Waals surface area contributed by atoms with Gasteiger partial charge in [0.15, 0.2) is 6.79 Å². The number of carbonyl (C=O) groups is 1. The van der Waals surface area contributed by atoms with Gasteiger partial charge in [-0.15, -0.1) is 11.3 Å². The third-order valence-electron chi connectivity index (χ3n) is 3.85. The van der Waals surface area contributed by atoms with E-state index in [4.69, 9.17) is 14.5 Å². The number of amides is 1. The van der Waals surface area contributed by atoms with Gasteiger partial charge in [0.2, 0.25) is 6.41 Å². The Bertz CT molecular complexity index is 892. The normalized spacial score (nSPS) is 10.8. The van der Waals surface area contributed by atoms with Crippen molar-refractivity contribution in [2.24, 2.45) is 0 Å². The fourth-order valence-electron chi connectivity index (χ4n) is 2.55. The first kappa shape index (κ1) is 17.4. The summed E-state index contributed by atoms with van der Waals surface area (Å²) in [6.07, 6.45) is 0.809. The maximum atomic E-state index is 11.0. The minimum Gasteiger partial charge on any atom is -0.468 e. The lowest BCUT2D eigenvalue weighted by Gasteiger charge is -2.14. The van der Waals surface area contributed by atoms with Crippen LogP contribution < -0.4 is 9.64 Å². The molecular weight excluding hydrogens is 336 g/mol. The lowest BCUT2D eigenvalue weighted by Crippen LogP contribution is -2.14. The van der Waals surface area contributed by atoms with Crippen LogP contribution in [0.25, 0.3) is 20.8 Å². The van der Waals surface area contributed by atoms with Gasteiger partial charge in [0.1, 0.15) is 10.8 Å². The van der Waals surface area contributed by atoms with Gasteiger partial charge in [-0.25, -0.2) is 4.98 Å². The summed E-state index contributed by atoms with van der Waals surface area (Å²) in [5, 5.41) is 0.945. The summed E-state index contributed by atoms with van der Waals surface area (Å²) < 4.78 is 11.8. The quantitative estimate of drug-likeness (QED) is 0.361. The highest BCUT2D eigenvalue weighted by Gasteiger charge is 2.10. The second-order valence-corrected chi connectivity index (χ2v) is 6.65. The van der Waals surface area contributed by atoms with Crippen LogP contribution in [0.3, 0.4) is 0 Å². The summed E-state index contributed by atoms with van der Waals surface area (Å²) in [4.78, 5) is 17.2. The van der Waals surface area contributed by atoms with E-state index in [0.717, 1.165) is 44.2 Å². The molecule has 3 rings (SSSR count). The van der Waals surface area contributed by atoms with E-state index < -0.39 is 0 Å². The Kier molecular flexibility index (Phi) is 5.31. The van der Waals surface area contributed by atoms with Gasteiger partial charge in [0.05, 0.1) is 10.2 Å². The average molecular weight is 356 g/mol. The molecule has 0 fully saturated rings. The van der Waals surface area contributed by atoms with Crippen molar-refractivity contribution in [3.05, 3.63) is 42.0 Å². The first-order valence-electron chi connectivity index (χ1n) is 8.02. The Balaban J connectivity index is 1.88. The molecule has 25 heavy (non-hydrogen) atoms. The SMILES string of the molecule is CCOCOc1ccc2nc(-c3ccc(N(C)C=O)c(C)c3)sc2c1. The molecule has 0 saturated heterocycles. The van der Waals surface area contributed by atoms with Crippen LogP contribution in [-0.4, -0.2) is 31.8 Å². The summed E-state index contributed by atoms with van der Waals surface area (Å²) in [5.41, 5.74) is 3.91. The molecule has 0 aliphatic heterocycles. The maximum Gasteiger partial charge on any atom is 0.213 e. The van der Waals surface area contributed by atoms with Gasteiger partial charge < -0.3 is 14.4 Å². The number of nitrogens with zero attached hydrogens (tertiary/aromatic N) is 2. The van der Waals surface area contributed by atoms with E-state index in [2.05, 4.69) is 6.07 Å². The van der Waals surface area contributed by atoms with Gasteiger partial charge >= 0.3 is 0 Å². The molecule has 0 aliphatic rings. The molecule has 1 aromatic heterocycles. The molecule has 0 radical (unpaired) electrons. The molecule has 0 N–H and O–H groups in total. The van der Waals surface area contributed by atoms with E-state index in [0.29, 0.717) is 6.61 Å². The second kappa shape index (κ2) is 7.63. The molecule has 0 saturated carbocycles. The van der Waals surface area contributed by atoms with Crippen molar-refractivity contribution in [3.8, 4) is 16.3 Å². The van der Waals surface area contributed by atoms with Crippen molar-refractivity contribution in [2.75, 3.05) is 25.3 Å². The number of ether oxygens (including phenoxy) is 2. The second-order valence-electron chi connectivity index (χ2n) is 5.62. The number of fused-ring (bicyclic) bond motifs is 1. The molecule has 3 aromatic rings. The molecule has 130 valence electrons. The molecule has 2 aromatic carbocycles. The van der Waals surface area contributed by atoms with Crippen LogP contribution in [0.2, 0.25) is 0 Å². The summed E-state index contributed by atoms with van der Waals surface area (Å²) in [5.74, 6) is 0.773. The van der Waals surface area contributed by atoms with Crippen molar-refractivity contribution in [1.82, 2.24) is 4.98 Å². The third-order valence-corrected chi connectivity index (χ3v) is 4.92. The fourth-order valence-corrected chi connectivity index (χ4v) is 3.54. The van der Waals surface area contributed by atoms with E-state index >= 15 is 0 Å². The number of anilines is 1. The maximum absolute atomic E-state index is 11.0. The number of hydrogen-bond donors (Lipinski definition) is 0. The smallest absolute Gasteiger partial charge is 0.213 e. The van der Waals surface area contributed by atoms with E-state index in [-0.39, 0.29) is 6.79 Å². The summed E-state index contributed by atoms with van der Waals surface area (Å²) in [6, 6.07) is 11.8. The monoisotopic (exact) mass is 356 g/mol. The topological polar surface area (TPSA) is 51.7 Å². The molecule has 0 unspecified atom stereocenters. The fraction of sp³-hybridized carbons (Fsp3) is 0.263. The molecule has 0 atom stereocenters. The van der Waals surface area contributed by atoms with Crippen LogP contribution >= 0.6 is 11.3 Å². The number of thiazole rings is 1. The van der Waals surface area contributed by atoms with Crippen LogP contribution in [-0.2, 0) is 9.53 Å². The minimum absolute atomic E-state index is 0.249. The van der Waals surface area contributed by atoms with Crippen LogP contribution in [0.4, 0.5) is 5.69 Å². The number of hydrogen-bond acceptors (Lipinski definition) is 5. The van der Waals surface area contributed by atoms with Crippen LogP contribution in [0.5, 0.6) is 5.75 Å². The standard InChI is InChI=1S/C19H20N2O3S/c1-4-23-12-24-15-6-7-16-18(10-15)25-19(20-16)14-5-8-17(13(2)9-14)21(3)11-22/h5-11H,4,12H2,1-3H3. The highest BCUT2D eigenvalue weighted by atomic mass is 32.1. The summed E-state index contributed by atoms with van der Waals surface area (Å²) in [6.45, 7) is 4.80. The average Bonchev–Trinajstić information content (AvgIpc) is 3.04. The van der Waals surface area contributed by atoms with E-state index in [1.807, 2.05) is 44.2 Å². The Morgan fingerprint density at radius 2 is 2.08 bits per heavy atom. The Morgan fingerprint density at radius 1 is 1.24 bits per heavy atom. The van der Waals surface area contributed by atoms with Crippen molar-refractivity contribution in [1.29, 1.82) is 0 Å². The largest absolute Gasteiger partial charge is 0.468 e. The molecule has 1 amide bonds. The van der Waals surface area contributed by atoms with Gasteiger partial charge in [0, 0.05) is 24.9 Å². The molecule has 0 spiro atoms. The molecular formula is C19H20N2O3S. The molecule has 0 bridgehead atoms. The zero-order valence-electron chi connectivity index (χ0n) is 14.5. The Morgan fingerprint density at radius 3 is 2.80 bits per heavy atom. The molecule has 0 aliphatic carbocycles. The van der Waals surface area contributed by atoms with Crippen molar-refractivity contribution >= 4 is 33.7 Å². The summed E-state index contributed by atoms with van der Waals surface area (Å²) in [7, 11) is 1.75. The predicted molar refractivity (Wildman–Crippen MR) is 101 cm³/mol. The van der Waals surface area contributed by atoms with Gasteiger partial charge in [-0.1, -0.05) is 0 Å². The predicted octanol–water partition coefficient (Wildman–Crippen LogP) is 4.24. The number of rotatable bonds is 7. The van der Waals surface area contributed by atoms with Gasteiger partial charge in [-0.05, 0) is 55.8 Å². The minimum atomic E-state index is 0.249. The zero-order chi connectivity index (χ0) is 17.8. The van der Waals surface area contributed by atoms with Gasteiger partial charge in [-0.2, -0.15) is 0 Å². The van der Waals surface area contributed by atoms with Crippen molar-refractivity contribution < 1.29 is 14.3 Å². The Labute approximate surface area is 150 Å². The third kappa shape index (κ3) is 3.81. The van der Waals surface area contributed by atoms with Crippen LogP contribution in [0.15, 0.2) is 36.4 Å². The van der Waals surface area contributed by atoms with Gasteiger partial charge in [0.25, 0.3) is 0 Å². The highest BCUT2D eigenvalue weighted by Crippen LogP contribution is 2.34. The van der Waals surface area contributed by atoms with Crippen molar-refractivity contribution in [2.45, 2.75) is 13.8 Å². The highest BCUT2D eigenvalue weighted by molar-refractivity contribution is 7.21. The lowest BCUT2D eigenvalue weighted by molar-refractivity contribution is -0.107. The lowest BCUT2D eigenvalue weighted by atomic mass is 10.1. The molecule has 6 heteroatoms. The van der Waals surface area contributed by atoms with E-state index in [1.165, 1.54) is 0 Å². The Hall–Kier alpha value is -2.44. The number of carbonyl (C=O) groups excluding carboxylic acids is 1. The number of aryl methyl sites for hydroxylation is 1. The zero-order valence-corrected chi connectivity index (χ0v) is 15.3. The molecule has 5 nitrogen and oxygen atoms in total. The molecule has 1 heterocycles. The van der Waals surface area contributed by atoms with E-state index in [9.17, 15) is 4.79 Å². The first-order valence-corrected chi connectivity index (χ1v) is 8.84. The number of benzene rings is 2. The van der Waals surface area contributed by atoms with Gasteiger partial charge in [-0.3, -0.25) is 4.79 Å². The van der Waals surface area contributed by atoms with E-state index in [1.54, 1.807) is 23.3 Å². The van der Waals surface area contributed by atoms with Crippen molar-refractivity contribution in [3.63, 3.8) is 0 Å². The van der Waals surface area contributed by atoms with Crippen LogP contribution in [0, 0.1) is 6.92 Å². The van der Waals surface area contributed by atoms with Crippen LogP contribution in [0.1, 0.15) is 12.5 Å². The first-order chi connectivity index (χ1) is 12.1. The number of aromatic nitrogens is 1.